The van der Waals surface area contributed by atoms with Crippen molar-refractivity contribution < 1.29 is 18.3 Å². The molecule has 1 aromatic rings. The average Bonchev–Trinajstić information content (AvgIpc) is 3.07. The summed E-state index contributed by atoms with van der Waals surface area (Å²) in [6.07, 6.45) is 3.86. The van der Waals surface area contributed by atoms with Gasteiger partial charge in [-0.25, -0.2) is 8.42 Å². The number of carboxylic acids is 1. The average molecular weight is 321 g/mol. The number of sulfone groups is 1. The first-order valence-corrected chi connectivity index (χ1v) is 9.03. The first kappa shape index (κ1) is 14.7. The number of aliphatic carboxylic acids is 1. The summed E-state index contributed by atoms with van der Waals surface area (Å²) in [5, 5.41) is 9.56. The summed E-state index contributed by atoms with van der Waals surface area (Å²) in [5.74, 6) is -0.931. The van der Waals surface area contributed by atoms with Gasteiger partial charge in [0.25, 0.3) is 0 Å². The molecule has 0 amide bonds. The standard InChI is InChI=1S/C12H13ClO4S2/c1-18-10-8(13)5-7(6-9(10)19(2,16)17)12(3-4-12)11(14)15/h5-6H,3-4H2,1-2H3,(H,14,15). The third-order valence-corrected chi connectivity index (χ3v) is 5.83. The van der Waals surface area contributed by atoms with Crippen LogP contribution in [0, 0.1) is 0 Å². The highest BCUT2D eigenvalue weighted by molar-refractivity contribution is 7.99. The molecule has 19 heavy (non-hydrogen) atoms. The number of rotatable bonds is 4. The molecule has 0 heterocycles. The topological polar surface area (TPSA) is 71.4 Å². The van der Waals surface area contributed by atoms with Gasteiger partial charge in [-0.05, 0) is 36.8 Å². The molecule has 0 bridgehead atoms. The Morgan fingerprint density at radius 3 is 2.37 bits per heavy atom. The van der Waals surface area contributed by atoms with Crippen LogP contribution in [0.25, 0.3) is 0 Å². The Kier molecular flexibility index (Phi) is 3.62. The number of halogens is 1. The molecule has 0 aliphatic heterocycles. The number of carbonyl (C=O) groups is 1. The molecule has 2 rings (SSSR count). The molecule has 0 aromatic heterocycles. The maximum Gasteiger partial charge on any atom is 0.314 e. The molecule has 7 heteroatoms. The third kappa shape index (κ3) is 2.49. The van der Waals surface area contributed by atoms with Crippen LogP contribution < -0.4 is 0 Å². The molecule has 1 fully saturated rings. The number of hydrogen-bond acceptors (Lipinski definition) is 4. The molecule has 4 nitrogen and oxygen atoms in total. The van der Waals surface area contributed by atoms with E-state index in [1.807, 2.05) is 0 Å². The summed E-state index contributed by atoms with van der Waals surface area (Å²) in [7, 11) is -3.45. The van der Waals surface area contributed by atoms with Crippen molar-refractivity contribution in [1.29, 1.82) is 0 Å². The molecule has 1 saturated carbocycles. The summed E-state index contributed by atoms with van der Waals surface area (Å²) in [4.78, 5) is 11.9. The van der Waals surface area contributed by atoms with Gasteiger partial charge in [-0.15, -0.1) is 11.8 Å². The Labute approximate surface area is 121 Å². The molecule has 1 aliphatic carbocycles. The molecule has 0 spiro atoms. The Balaban J connectivity index is 2.68. The van der Waals surface area contributed by atoms with E-state index in [2.05, 4.69) is 0 Å². The quantitative estimate of drug-likeness (QED) is 0.863. The van der Waals surface area contributed by atoms with Gasteiger partial charge in [0.15, 0.2) is 9.84 Å². The van der Waals surface area contributed by atoms with E-state index < -0.39 is 21.2 Å². The van der Waals surface area contributed by atoms with Crippen LogP contribution in [0.3, 0.4) is 0 Å². The summed E-state index contributed by atoms with van der Waals surface area (Å²) < 4.78 is 23.6. The Hall–Kier alpha value is -0.720. The molecule has 1 aliphatic rings. The van der Waals surface area contributed by atoms with Gasteiger partial charge in [-0.3, -0.25) is 4.79 Å². The van der Waals surface area contributed by atoms with Gasteiger partial charge in [0.05, 0.1) is 15.3 Å². The van der Waals surface area contributed by atoms with Gasteiger partial charge in [0, 0.05) is 11.2 Å². The van der Waals surface area contributed by atoms with Gasteiger partial charge in [0.1, 0.15) is 0 Å². The van der Waals surface area contributed by atoms with Crippen LogP contribution in [0.5, 0.6) is 0 Å². The minimum atomic E-state index is -3.45. The lowest BCUT2D eigenvalue weighted by Gasteiger charge is -2.15. The first-order chi connectivity index (χ1) is 8.72. The SMILES string of the molecule is CSc1c(Cl)cc(C2(C(=O)O)CC2)cc1S(C)(=O)=O. The lowest BCUT2D eigenvalue weighted by molar-refractivity contribution is -0.140. The molecule has 0 radical (unpaired) electrons. The van der Waals surface area contributed by atoms with E-state index in [1.54, 1.807) is 12.3 Å². The van der Waals surface area contributed by atoms with Gasteiger partial charge in [-0.2, -0.15) is 0 Å². The highest BCUT2D eigenvalue weighted by Crippen LogP contribution is 2.50. The predicted molar refractivity (Wildman–Crippen MR) is 74.9 cm³/mol. The number of thioether (sulfide) groups is 1. The Morgan fingerprint density at radius 1 is 1.42 bits per heavy atom. The first-order valence-electron chi connectivity index (χ1n) is 5.54. The summed E-state index contributed by atoms with van der Waals surface area (Å²) >= 11 is 7.34. The molecule has 0 atom stereocenters. The molecule has 1 aromatic carbocycles. The minimum absolute atomic E-state index is 0.107. The van der Waals surface area contributed by atoms with Crippen molar-refractivity contribution in [3.05, 3.63) is 22.7 Å². The summed E-state index contributed by atoms with van der Waals surface area (Å²) in [6, 6.07) is 3.03. The maximum atomic E-state index is 11.8. The minimum Gasteiger partial charge on any atom is -0.481 e. The molecule has 0 unspecified atom stereocenters. The number of hydrogen-bond donors (Lipinski definition) is 1. The second-order valence-corrected chi connectivity index (χ2v) is 7.86. The van der Waals surface area contributed by atoms with E-state index in [0.29, 0.717) is 23.3 Å². The molecular weight excluding hydrogens is 308 g/mol. The smallest absolute Gasteiger partial charge is 0.314 e. The molecule has 1 N–H and O–H groups in total. The van der Waals surface area contributed by atoms with Gasteiger partial charge in [-0.1, -0.05) is 11.6 Å². The fourth-order valence-corrected chi connectivity index (χ4v) is 4.58. The van der Waals surface area contributed by atoms with Crippen LogP contribution in [0.2, 0.25) is 5.02 Å². The van der Waals surface area contributed by atoms with E-state index in [-0.39, 0.29) is 9.92 Å². The van der Waals surface area contributed by atoms with Crippen molar-refractivity contribution >= 4 is 39.2 Å². The van der Waals surface area contributed by atoms with Crippen molar-refractivity contribution in [3.63, 3.8) is 0 Å². The lowest BCUT2D eigenvalue weighted by atomic mass is 9.96. The predicted octanol–water partition coefficient (Wildman–Crippen LogP) is 2.58. The van der Waals surface area contributed by atoms with E-state index in [0.717, 1.165) is 6.26 Å². The number of carboxylic acid groups (broad SMARTS) is 1. The lowest BCUT2D eigenvalue weighted by Crippen LogP contribution is -2.20. The highest BCUT2D eigenvalue weighted by atomic mass is 35.5. The van der Waals surface area contributed by atoms with E-state index in [4.69, 9.17) is 11.6 Å². The van der Waals surface area contributed by atoms with Crippen LogP contribution in [0.4, 0.5) is 0 Å². The second-order valence-electron chi connectivity index (χ2n) is 4.65. The summed E-state index contributed by atoms with van der Waals surface area (Å²) in [5.41, 5.74) is -0.483. The van der Waals surface area contributed by atoms with Crippen LogP contribution >= 0.6 is 23.4 Å². The zero-order chi connectivity index (χ0) is 14.4. The van der Waals surface area contributed by atoms with E-state index >= 15 is 0 Å². The van der Waals surface area contributed by atoms with Gasteiger partial charge >= 0.3 is 5.97 Å². The van der Waals surface area contributed by atoms with Gasteiger partial charge in [0.2, 0.25) is 0 Å². The van der Waals surface area contributed by atoms with Crippen molar-refractivity contribution in [2.75, 3.05) is 12.5 Å². The zero-order valence-electron chi connectivity index (χ0n) is 10.4. The van der Waals surface area contributed by atoms with Crippen LogP contribution in [0.15, 0.2) is 21.9 Å². The molecule has 104 valence electrons. The summed E-state index contributed by atoms with van der Waals surface area (Å²) in [6.45, 7) is 0. The van der Waals surface area contributed by atoms with Crippen molar-refractivity contribution in [2.45, 2.75) is 28.0 Å². The van der Waals surface area contributed by atoms with Gasteiger partial charge < -0.3 is 5.11 Å². The largest absolute Gasteiger partial charge is 0.481 e. The molecule has 0 saturated heterocycles. The normalized spacial score (nSPS) is 17.2. The Bertz CT molecular complexity index is 648. The van der Waals surface area contributed by atoms with Crippen molar-refractivity contribution in [2.24, 2.45) is 0 Å². The van der Waals surface area contributed by atoms with Crippen molar-refractivity contribution in [1.82, 2.24) is 0 Å². The third-order valence-electron chi connectivity index (χ3n) is 3.33. The number of benzene rings is 1. The maximum absolute atomic E-state index is 11.8. The fourth-order valence-electron chi connectivity index (χ4n) is 2.07. The molecular formula is C12H13ClO4S2. The zero-order valence-corrected chi connectivity index (χ0v) is 12.8. The monoisotopic (exact) mass is 320 g/mol. The van der Waals surface area contributed by atoms with E-state index in [1.165, 1.54) is 17.8 Å². The van der Waals surface area contributed by atoms with Crippen LogP contribution in [-0.2, 0) is 20.0 Å². The van der Waals surface area contributed by atoms with Crippen LogP contribution in [-0.4, -0.2) is 32.0 Å². The van der Waals surface area contributed by atoms with E-state index in [9.17, 15) is 18.3 Å². The fraction of sp³-hybridized carbons (Fsp3) is 0.417. The highest BCUT2D eigenvalue weighted by Gasteiger charge is 2.52. The van der Waals surface area contributed by atoms with Crippen molar-refractivity contribution in [3.8, 4) is 0 Å². The second kappa shape index (κ2) is 4.68. The van der Waals surface area contributed by atoms with Crippen LogP contribution in [0.1, 0.15) is 18.4 Å². The Morgan fingerprint density at radius 2 is 2.00 bits per heavy atom.